The highest BCUT2D eigenvalue weighted by Crippen LogP contribution is 2.45. The van der Waals surface area contributed by atoms with E-state index in [1.807, 2.05) is 19.1 Å². The van der Waals surface area contributed by atoms with Crippen LogP contribution in [0.2, 0.25) is 5.02 Å². The first-order chi connectivity index (χ1) is 10.6. The monoisotopic (exact) mass is 317 g/mol. The van der Waals surface area contributed by atoms with Gasteiger partial charge in [-0.2, -0.15) is 0 Å². The number of rotatable bonds is 3. The third-order valence-corrected chi connectivity index (χ3v) is 4.04. The molecule has 1 aliphatic heterocycles. The zero-order valence-electron chi connectivity index (χ0n) is 12.0. The number of para-hydroxylation sites is 1. The molecule has 0 amide bonds. The number of nitrogens with one attached hydrogen (secondary N) is 1. The van der Waals surface area contributed by atoms with Crippen molar-refractivity contribution in [2.75, 3.05) is 6.54 Å². The lowest BCUT2D eigenvalue weighted by Crippen LogP contribution is -2.31. The number of ether oxygens (including phenoxy) is 1. The molecule has 22 heavy (non-hydrogen) atoms. The van der Waals surface area contributed by atoms with Gasteiger partial charge in [-0.05, 0) is 30.8 Å². The highest BCUT2D eigenvalue weighted by molar-refractivity contribution is 6.30. The fourth-order valence-electron chi connectivity index (χ4n) is 2.89. The van der Waals surface area contributed by atoms with Crippen molar-refractivity contribution >= 4 is 17.6 Å². The summed E-state index contributed by atoms with van der Waals surface area (Å²) in [6.07, 6.45) is 0. The minimum absolute atomic E-state index is 0.403. The average Bonchev–Trinajstić information content (AvgIpc) is 2.62. The van der Waals surface area contributed by atoms with Gasteiger partial charge in [-0.3, -0.25) is 4.79 Å². The Kier molecular flexibility index (Phi) is 4.05. The van der Waals surface area contributed by atoms with E-state index in [4.69, 9.17) is 16.3 Å². The molecule has 2 aromatic carbocycles. The smallest absolute Gasteiger partial charge is 0.313 e. The van der Waals surface area contributed by atoms with Crippen molar-refractivity contribution in [3.05, 3.63) is 58.6 Å². The summed E-state index contributed by atoms with van der Waals surface area (Å²) in [6, 6.07) is 12.1. The van der Waals surface area contributed by atoms with Crippen molar-refractivity contribution in [2.45, 2.75) is 18.9 Å². The number of hydrogen-bond donors (Lipinski definition) is 2. The zero-order chi connectivity index (χ0) is 15.7. The molecule has 4 nitrogen and oxygen atoms in total. The lowest BCUT2D eigenvalue weighted by atomic mass is 9.87. The largest absolute Gasteiger partial charge is 0.481 e. The summed E-state index contributed by atoms with van der Waals surface area (Å²) < 4.78 is 5.95. The van der Waals surface area contributed by atoms with E-state index in [1.54, 1.807) is 30.3 Å². The molecule has 0 unspecified atom stereocenters. The van der Waals surface area contributed by atoms with Crippen LogP contribution in [0.3, 0.4) is 0 Å². The van der Waals surface area contributed by atoms with Gasteiger partial charge in [0.25, 0.3) is 0 Å². The Morgan fingerprint density at radius 2 is 1.95 bits per heavy atom. The van der Waals surface area contributed by atoms with E-state index < -0.39 is 17.9 Å². The summed E-state index contributed by atoms with van der Waals surface area (Å²) >= 11 is 6.10. The van der Waals surface area contributed by atoms with Gasteiger partial charge >= 0.3 is 5.97 Å². The number of carboxylic acids is 1. The molecule has 3 rings (SSSR count). The average molecular weight is 318 g/mol. The van der Waals surface area contributed by atoms with Gasteiger partial charge in [-0.15, -0.1) is 0 Å². The molecular weight excluding hydrogens is 302 g/mol. The van der Waals surface area contributed by atoms with Gasteiger partial charge in [0.15, 0.2) is 0 Å². The van der Waals surface area contributed by atoms with Gasteiger partial charge in [0.05, 0.1) is 6.04 Å². The minimum Gasteiger partial charge on any atom is -0.481 e. The van der Waals surface area contributed by atoms with Gasteiger partial charge in [-0.25, -0.2) is 0 Å². The summed E-state index contributed by atoms with van der Waals surface area (Å²) in [7, 11) is 0. The number of carbonyl (C=O) groups is 1. The number of carboxylic acid groups (broad SMARTS) is 1. The quantitative estimate of drug-likeness (QED) is 0.899. The van der Waals surface area contributed by atoms with E-state index >= 15 is 0 Å². The predicted molar refractivity (Wildman–Crippen MR) is 84.8 cm³/mol. The standard InChI is InChI=1S/C17H16ClNO3/c1-2-19-16-12-9-10(18)7-8-14(12)22-13-6-4-3-5-11(13)15(16)17(20)21/h3-9,15-16,19H,2H2,1H3,(H,20,21)/t15-,16+/m0/s1. The maximum absolute atomic E-state index is 11.9. The van der Waals surface area contributed by atoms with Crippen LogP contribution in [0.25, 0.3) is 0 Å². The second-order valence-corrected chi connectivity index (χ2v) is 5.61. The summed E-state index contributed by atoms with van der Waals surface area (Å²) in [6.45, 7) is 2.59. The van der Waals surface area contributed by atoms with Crippen LogP contribution in [0.5, 0.6) is 11.5 Å². The minimum atomic E-state index is -0.894. The summed E-state index contributed by atoms with van der Waals surface area (Å²) in [5, 5.41) is 13.6. The molecule has 0 aromatic heterocycles. The zero-order valence-corrected chi connectivity index (χ0v) is 12.8. The number of benzene rings is 2. The van der Waals surface area contributed by atoms with Crippen molar-refractivity contribution in [3.8, 4) is 11.5 Å². The summed E-state index contributed by atoms with van der Waals surface area (Å²) in [4.78, 5) is 11.9. The predicted octanol–water partition coefficient (Wildman–Crippen LogP) is 3.96. The fourth-order valence-corrected chi connectivity index (χ4v) is 3.07. The van der Waals surface area contributed by atoms with E-state index in [-0.39, 0.29) is 0 Å². The van der Waals surface area contributed by atoms with Crippen molar-refractivity contribution in [1.82, 2.24) is 5.32 Å². The number of fused-ring (bicyclic) bond motifs is 2. The Morgan fingerprint density at radius 1 is 1.23 bits per heavy atom. The van der Waals surface area contributed by atoms with Crippen molar-refractivity contribution in [2.24, 2.45) is 0 Å². The molecule has 5 heteroatoms. The molecule has 0 fully saturated rings. The maximum Gasteiger partial charge on any atom is 0.313 e. The molecule has 0 aliphatic carbocycles. The van der Waals surface area contributed by atoms with Crippen molar-refractivity contribution < 1.29 is 14.6 Å². The number of aliphatic carboxylic acids is 1. The molecule has 114 valence electrons. The molecule has 0 saturated heterocycles. The third kappa shape index (κ3) is 2.56. The van der Waals surface area contributed by atoms with Gasteiger partial charge in [0, 0.05) is 16.1 Å². The first kappa shape index (κ1) is 14.9. The van der Waals surface area contributed by atoms with Crippen LogP contribution in [-0.4, -0.2) is 17.6 Å². The van der Waals surface area contributed by atoms with E-state index in [2.05, 4.69) is 5.32 Å². The van der Waals surface area contributed by atoms with Gasteiger partial charge in [-0.1, -0.05) is 36.7 Å². The van der Waals surface area contributed by atoms with Gasteiger partial charge in [0.2, 0.25) is 0 Å². The van der Waals surface area contributed by atoms with E-state index in [9.17, 15) is 9.90 Å². The molecule has 0 spiro atoms. The van der Waals surface area contributed by atoms with Crippen LogP contribution >= 0.6 is 11.6 Å². The van der Waals surface area contributed by atoms with Gasteiger partial charge < -0.3 is 15.2 Å². The molecule has 2 atom stereocenters. The Bertz CT molecular complexity index is 717. The van der Waals surface area contributed by atoms with Crippen LogP contribution in [0.15, 0.2) is 42.5 Å². The van der Waals surface area contributed by atoms with E-state index in [0.29, 0.717) is 28.6 Å². The van der Waals surface area contributed by atoms with E-state index in [1.165, 1.54) is 0 Å². The summed E-state index contributed by atoms with van der Waals surface area (Å²) in [5.41, 5.74) is 1.42. The Morgan fingerprint density at radius 3 is 2.68 bits per heavy atom. The second kappa shape index (κ2) is 5.99. The molecule has 1 aliphatic rings. The highest BCUT2D eigenvalue weighted by atomic mass is 35.5. The number of likely N-dealkylation sites (N-methyl/N-ethyl adjacent to an activating group) is 1. The molecule has 0 saturated carbocycles. The van der Waals surface area contributed by atoms with Crippen LogP contribution < -0.4 is 10.1 Å². The van der Waals surface area contributed by atoms with Crippen LogP contribution in [0.1, 0.15) is 30.0 Å². The lowest BCUT2D eigenvalue weighted by molar-refractivity contribution is -0.139. The molecule has 0 radical (unpaired) electrons. The Labute approximate surface area is 133 Å². The second-order valence-electron chi connectivity index (χ2n) is 5.17. The maximum atomic E-state index is 11.9. The lowest BCUT2D eigenvalue weighted by Gasteiger charge is -2.24. The topological polar surface area (TPSA) is 58.6 Å². The fraction of sp³-hybridized carbons (Fsp3) is 0.235. The van der Waals surface area contributed by atoms with Crippen LogP contribution in [-0.2, 0) is 4.79 Å². The van der Waals surface area contributed by atoms with E-state index in [0.717, 1.165) is 5.56 Å². The number of hydrogen-bond acceptors (Lipinski definition) is 3. The summed E-state index contributed by atoms with van der Waals surface area (Å²) in [5.74, 6) is -0.434. The third-order valence-electron chi connectivity index (χ3n) is 3.80. The molecule has 0 bridgehead atoms. The first-order valence-corrected chi connectivity index (χ1v) is 7.52. The molecule has 2 N–H and O–H groups in total. The SMILES string of the molecule is CCN[C@@H]1c2cc(Cl)ccc2Oc2ccccc2[C@@H]1C(=O)O. The normalized spacial score (nSPS) is 19.5. The first-order valence-electron chi connectivity index (χ1n) is 7.14. The van der Waals surface area contributed by atoms with Crippen LogP contribution in [0, 0.1) is 0 Å². The van der Waals surface area contributed by atoms with Gasteiger partial charge in [0.1, 0.15) is 17.4 Å². The number of halogens is 1. The molecule has 2 aromatic rings. The Balaban J connectivity index is 2.24. The van der Waals surface area contributed by atoms with Crippen LogP contribution in [0.4, 0.5) is 0 Å². The Hall–Kier alpha value is -2.04. The molecular formula is C17H16ClNO3. The highest BCUT2D eigenvalue weighted by Gasteiger charge is 2.37. The van der Waals surface area contributed by atoms with Crippen molar-refractivity contribution in [3.63, 3.8) is 0 Å². The van der Waals surface area contributed by atoms with Crippen molar-refractivity contribution in [1.29, 1.82) is 0 Å². The molecule has 1 heterocycles.